The molecular weight excluding hydrogens is 240 g/mol. The number of hydrogen-bond donors (Lipinski definition) is 1. The number of H-pyrrole nitrogens is 1. The second-order valence-corrected chi connectivity index (χ2v) is 5.02. The molecule has 1 rings (SSSR count). The van der Waals surface area contributed by atoms with E-state index in [-0.39, 0.29) is 16.8 Å². The van der Waals surface area contributed by atoms with Crippen molar-refractivity contribution in [3.8, 4) is 0 Å². The predicted molar refractivity (Wildman–Crippen MR) is 69.9 cm³/mol. The number of nitrogens with one attached hydrogen (secondary N) is 1. The number of aromatic nitrogens is 2. The summed E-state index contributed by atoms with van der Waals surface area (Å²) in [4.78, 5) is 26.2. The predicted octanol–water partition coefficient (Wildman–Crippen LogP) is 2.50. The summed E-state index contributed by atoms with van der Waals surface area (Å²) >= 11 is 5.76. The van der Waals surface area contributed by atoms with Crippen LogP contribution in [-0.4, -0.2) is 9.55 Å². The molecule has 0 aliphatic heterocycles. The Hall–Kier alpha value is -1.03. The van der Waals surface area contributed by atoms with Crippen molar-refractivity contribution in [2.75, 3.05) is 0 Å². The van der Waals surface area contributed by atoms with Crippen LogP contribution < -0.4 is 11.2 Å². The summed E-state index contributed by atoms with van der Waals surface area (Å²) in [6.07, 6.45) is 1.84. The van der Waals surface area contributed by atoms with E-state index in [4.69, 9.17) is 11.6 Å². The fraction of sp³-hybridized carbons (Fsp3) is 0.667. The van der Waals surface area contributed by atoms with Gasteiger partial charge in [0.2, 0.25) is 0 Å². The second kappa shape index (κ2) is 5.54. The van der Waals surface area contributed by atoms with Crippen LogP contribution in [0.4, 0.5) is 0 Å². The lowest BCUT2D eigenvalue weighted by atomic mass is 10.0. The number of nitrogens with zero attached hydrogens (tertiary/aromatic N) is 1. The van der Waals surface area contributed by atoms with Gasteiger partial charge in [0, 0.05) is 11.6 Å². The van der Waals surface area contributed by atoms with Gasteiger partial charge in [-0.15, -0.1) is 0 Å². The molecule has 1 heterocycles. The first-order valence-corrected chi connectivity index (χ1v) is 6.27. The minimum Gasteiger partial charge on any atom is -0.297 e. The molecule has 0 bridgehead atoms. The number of aromatic amines is 1. The summed E-state index contributed by atoms with van der Waals surface area (Å²) in [6.45, 7) is 7.71. The zero-order chi connectivity index (χ0) is 13.2. The summed E-state index contributed by atoms with van der Waals surface area (Å²) in [7, 11) is 0. The molecule has 17 heavy (non-hydrogen) atoms. The highest BCUT2D eigenvalue weighted by Crippen LogP contribution is 2.17. The van der Waals surface area contributed by atoms with Crippen LogP contribution in [0, 0.1) is 12.8 Å². The number of halogens is 1. The smallest absolute Gasteiger partial charge is 0.297 e. The van der Waals surface area contributed by atoms with Crippen molar-refractivity contribution in [2.24, 2.45) is 5.92 Å². The Morgan fingerprint density at radius 1 is 1.35 bits per heavy atom. The first-order chi connectivity index (χ1) is 7.88. The van der Waals surface area contributed by atoms with Gasteiger partial charge in [-0.1, -0.05) is 31.9 Å². The van der Waals surface area contributed by atoms with E-state index in [0.29, 0.717) is 11.5 Å². The van der Waals surface area contributed by atoms with Gasteiger partial charge < -0.3 is 0 Å². The zero-order valence-electron chi connectivity index (χ0n) is 10.7. The maximum Gasteiger partial charge on any atom is 0.329 e. The number of hydrogen-bond acceptors (Lipinski definition) is 2. The molecule has 1 aromatic rings. The average molecular weight is 259 g/mol. The van der Waals surface area contributed by atoms with E-state index in [1.165, 1.54) is 4.57 Å². The van der Waals surface area contributed by atoms with Crippen LogP contribution in [0.5, 0.6) is 0 Å². The zero-order valence-corrected chi connectivity index (χ0v) is 11.5. The highest BCUT2D eigenvalue weighted by atomic mass is 35.5. The molecule has 0 amide bonds. The van der Waals surface area contributed by atoms with Crippen molar-refractivity contribution in [1.29, 1.82) is 0 Å². The van der Waals surface area contributed by atoms with Crippen LogP contribution in [0.15, 0.2) is 9.59 Å². The van der Waals surface area contributed by atoms with Crippen molar-refractivity contribution in [3.05, 3.63) is 31.6 Å². The lowest BCUT2D eigenvalue weighted by Gasteiger charge is -2.18. The highest BCUT2D eigenvalue weighted by molar-refractivity contribution is 6.30. The monoisotopic (exact) mass is 258 g/mol. The van der Waals surface area contributed by atoms with Gasteiger partial charge in [0.15, 0.2) is 0 Å². The average Bonchev–Trinajstić information content (AvgIpc) is 2.25. The van der Waals surface area contributed by atoms with E-state index in [0.717, 1.165) is 12.8 Å². The first kappa shape index (κ1) is 14.0. The van der Waals surface area contributed by atoms with E-state index < -0.39 is 5.69 Å². The second-order valence-electron chi connectivity index (χ2n) is 4.64. The van der Waals surface area contributed by atoms with E-state index in [1.54, 1.807) is 6.92 Å². The van der Waals surface area contributed by atoms with Crippen LogP contribution in [0.25, 0.3) is 0 Å². The van der Waals surface area contributed by atoms with Gasteiger partial charge >= 0.3 is 5.69 Å². The molecular formula is C12H19ClN2O2. The summed E-state index contributed by atoms with van der Waals surface area (Å²) in [5.74, 6) is 0.479. The molecule has 5 heteroatoms. The third-order valence-electron chi connectivity index (χ3n) is 3.19. The normalized spacial score (nSPS) is 14.6. The molecule has 1 aromatic heterocycles. The first-order valence-electron chi connectivity index (χ1n) is 5.89. The highest BCUT2D eigenvalue weighted by Gasteiger charge is 2.16. The van der Waals surface area contributed by atoms with Gasteiger partial charge in [-0.3, -0.25) is 14.3 Å². The van der Waals surface area contributed by atoms with E-state index >= 15 is 0 Å². The van der Waals surface area contributed by atoms with Gasteiger partial charge in [0.05, 0.1) is 0 Å². The van der Waals surface area contributed by atoms with Crippen LogP contribution >= 0.6 is 11.6 Å². The molecule has 0 aliphatic rings. The van der Waals surface area contributed by atoms with Crippen LogP contribution in [0.1, 0.15) is 45.2 Å². The third kappa shape index (κ3) is 3.00. The lowest BCUT2D eigenvalue weighted by molar-refractivity contribution is 0.380. The minimum absolute atomic E-state index is 0.114. The van der Waals surface area contributed by atoms with Crippen molar-refractivity contribution in [1.82, 2.24) is 9.55 Å². The van der Waals surface area contributed by atoms with Gasteiger partial charge in [-0.05, 0) is 26.2 Å². The van der Waals surface area contributed by atoms with E-state index in [9.17, 15) is 9.59 Å². The van der Waals surface area contributed by atoms with Gasteiger partial charge in [0.25, 0.3) is 5.56 Å². The minimum atomic E-state index is -0.429. The van der Waals surface area contributed by atoms with Crippen molar-refractivity contribution in [2.45, 2.75) is 46.6 Å². The van der Waals surface area contributed by atoms with Crippen molar-refractivity contribution >= 4 is 11.6 Å². The molecule has 0 aliphatic carbocycles. The molecule has 2 atom stereocenters. The topological polar surface area (TPSA) is 54.9 Å². The van der Waals surface area contributed by atoms with Gasteiger partial charge in [-0.2, -0.15) is 0 Å². The van der Waals surface area contributed by atoms with Gasteiger partial charge in [-0.25, -0.2) is 4.79 Å². The molecule has 0 saturated carbocycles. The van der Waals surface area contributed by atoms with Crippen LogP contribution in [-0.2, 0) is 0 Å². The Morgan fingerprint density at radius 2 is 1.94 bits per heavy atom. The Bertz CT molecular complexity index is 504. The molecule has 96 valence electrons. The SMILES string of the molecule is CCC(C)CC(C)n1c(=O)[nH]c(Cl)c(C)c1=O. The Balaban J connectivity index is 3.19. The fourth-order valence-electron chi connectivity index (χ4n) is 1.87. The quantitative estimate of drug-likeness (QED) is 0.844. The number of rotatable bonds is 4. The van der Waals surface area contributed by atoms with E-state index in [1.807, 2.05) is 6.92 Å². The summed E-state index contributed by atoms with van der Waals surface area (Å²) in [5, 5.41) is 0.131. The molecule has 0 fully saturated rings. The summed E-state index contributed by atoms with van der Waals surface area (Å²) in [6, 6.07) is -0.114. The molecule has 4 nitrogen and oxygen atoms in total. The summed E-state index contributed by atoms with van der Waals surface area (Å²) < 4.78 is 1.26. The summed E-state index contributed by atoms with van der Waals surface area (Å²) in [5.41, 5.74) is -0.335. The van der Waals surface area contributed by atoms with Crippen molar-refractivity contribution in [3.63, 3.8) is 0 Å². The maximum atomic E-state index is 12.0. The Labute approximate surface area is 106 Å². The molecule has 0 spiro atoms. The molecule has 2 unspecified atom stereocenters. The third-order valence-corrected chi connectivity index (χ3v) is 3.56. The molecule has 0 radical (unpaired) electrons. The van der Waals surface area contributed by atoms with Crippen LogP contribution in [0.3, 0.4) is 0 Å². The van der Waals surface area contributed by atoms with Crippen LogP contribution in [0.2, 0.25) is 5.15 Å². The Kier molecular flexibility index (Phi) is 4.57. The largest absolute Gasteiger partial charge is 0.329 e. The standard InChI is InChI=1S/C12H19ClN2O2/c1-5-7(2)6-8(3)15-11(16)9(4)10(13)14-12(15)17/h7-8H,5-6H2,1-4H3,(H,14,17). The maximum absolute atomic E-state index is 12.0. The van der Waals surface area contributed by atoms with Gasteiger partial charge in [0.1, 0.15) is 5.15 Å². The fourth-order valence-corrected chi connectivity index (χ4v) is 2.03. The Morgan fingerprint density at radius 3 is 2.47 bits per heavy atom. The lowest BCUT2D eigenvalue weighted by Crippen LogP contribution is -2.39. The van der Waals surface area contributed by atoms with Crippen molar-refractivity contribution < 1.29 is 0 Å². The molecule has 0 saturated heterocycles. The van der Waals surface area contributed by atoms with E-state index in [2.05, 4.69) is 18.8 Å². The molecule has 0 aromatic carbocycles. The molecule has 1 N–H and O–H groups in total.